The molecule has 1 N–H and O–H groups in total. The molecule has 0 saturated heterocycles. The largest absolute Gasteiger partial charge is 0.478 e. The molecule has 1 aromatic carbocycles. The molecule has 0 spiro atoms. The van der Waals surface area contributed by atoms with Crippen LogP contribution < -0.4 is 0 Å². The lowest BCUT2D eigenvalue weighted by atomic mass is 10.1. The average molecular weight is 299 g/mol. The Morgan fingerprint density at radius 1 is 1.29 bits per heavy atom. The van der Waals surface area contributed by atoms with Crippen molar-refractivity contribution in [2.45, 2.75) is 26.8 Å². The van der Waals surface area contributed by atoms with Crippen molar-refractivity contribution in [2.24, 2.45) is 0 Å². The van der Waals surface area contributed by atoms with Gasteiger partial charge in [-0.25, -0.2) is 4.79 Å². The van der Waals surface area contributed by atoms with E-state index in [1.165, 1.54) is 16.1 Å². The summed E-state index contributed by atoms with van der Waals surface area (Å²) in [5.74, 6) is -0.875. The number of aryl methyl sites for hydroxylation is 3. The molecule has 0 fully saturated rings. The number of hydrogen-bond donors (Lipinski definition) is 1. The summed E-state index contributed by atoms with van der Waals surface area (Å²) in [6.45, 7) is 5.08. The zero-order chi connectivity index (χ0) is 15.0. The molecule has 0 amide bonds. The average Bonchev–Trinajstić information content (AvgIpc) is 3.06. The number of rotatable bonds is 4. The number of carboxylic acids is 1. The van der Waals surface area contributed by atoms with Gasteiger partial charge in [0.15, 0.2) is 0 Å². The van der Waals surface area contributed by atoms with Gasteiger partial charge in [0.1, 0.15) is 0 Å². The molecule has 0 atom stereocenters. The molecular weight excluding hydrogens is 282 g/mol. The van der Waals surface area contributed by atoms with Crippen molar-refractivity contribution in [1.82, 2.24) is 4.57 Å². The second-order valence-electron chi connectivity index (χ2n) is 5.23. The molecule has 0 saturated carbocycles. The molecular formula is C17H17NO2S. The molecule has 0 aliphatic carbocycles. The summed E-state index contributed by atoms with van der Waals surface area (Å²) in [5.41, 5.74) is 3.84. The first-order valence-electron chi connectivity index (χ1n) is 6.93. The maximum absolute atomic E-state index is 11.1. The summed E-state index contributed by atoms with van der Waals surface area (Å²) in [6, 6.07) is 9.62. The van der Waals surface area contributed by atoms with Gasteiger partial charge in [0.2, 0.25) is 0 Å². The molecule has 21 heavy (non-hydrogen) atoms. The fraction of sp³-hybridized carbons (Fsp3) is 0.235. The monoisotopic (exact) mass is 299 g/mol. The van der Waals surface area contributed by atoms with Crippen LogP contribution in [0.5, 0.6) is 0 Å². The summed E-state index contributed by atoms with van der Waals surface area (Å²) >= 11 is 1.78. The van der Waals surface area contributed by atoms with Gasteiger partial charge in [0.25, 0.3) is 0 Å². The normalized spacial score (nSPS) is 11.1. The van der Waals surface area contributed by atoms with E-state index in [1.54, 1.807) is 23.5 Å². The summed E-state index contributed by atoms with van der Waals surface area (Å²) in [6.07, 6.45) is 1.00. The van der Waals surface area contributed by atoms with Crippen LogP contribution in [0.4, 0.5) is 0 Å². The van der Waals surface area contributed by atoms with E-state index in [2.05, 4.69) is 35.9 Å². The maximum atomic E-state index is 11.1. The lowest BCUT2D eigenvalue weighted by Gasteiger charge is -2.07. The topological polar surface area (TPSA) is 42.2 Å². The Hall–Kier alpha value is -2.07. The lowest BCUT2D eigenvalue weighted by Crippen LogP contribution is -2.02. The summed E-state index contributed by atoms with van der Waals surface area (Å²) < 4.78 is 2.29. The Bertz CT molecular complexity index is 800. The highest BCUT2D eigenvalue weighted by molar-refractivity contribution is 7.09. The highest BCUT2D eigenvalue weighted by Crippen LogP contribution is 2.27. The van der Waals surface area contributed by atoms with Gasteiger partial charge in [0, 0.05) is 28.0 Å². The zero-order valence-corrected chi connectivity index (χ0v) is 12.9. The summed E-state index contributed by atoms with van der Waals surface area (Å²) in [4.78, 5) is 12.5. The number of benzene rings is 1. The first-order chi connectivity index (χ1) is 10.1. The van der Waals surface area contributed by atoms with Crippen LogP contribution in [0.1, 0.15) is 26.5 Å². The fourth-order valence-electron chi connectivity index (χ4n) is 2.75. The molecule has 0 aliphatic rings. The van der Waals surface area contributed by atoms with Crippen molar-refractivity contribution in [1.29, 1.82) is 0 Å². The van der Waals surface area contributed by atoms with Gasteiger partial charge >= 0.3 is 5.97 Å². The standard InChI is InChI=1S/C17H17NO2S/c1-11-12(2)18(8-7-14-4-3-9-21-14)16-6-5-13(17(19)20)10-15(11)16/h3-6,9-10H,7-8H2,1-2H3,(H,19,20). The van der Waals surface area contributed by atoms with Crippen molar-refractivity contribution in [3.63, 3.8) is 0 Å². The first-order valence-corrected chi connectivity index (χ1v) is 7.81. The third-order valence-corrected chi connectivity index (χ3v) is 4.98. The molecule has 0 aliphatic heterocycles. The van der Waals surface area contributed by atoms with Crippen LogP contribution in [0, 0.1) is 13.8 Å². The minimum atomic E-state index is -0.875. The van der Waals surface area contributed by atoms with Crippen molar-refractivity contribution in [2.75, 3.05) is 0 Å². The molecule has 4 heteroatoms. The summed E-state index contributed by atoms with van der Waals surface area (Å²) in [7, 11) is 0. The van der Waals surface area contributed by atoms with Gasteiger partial charge in [0.05, 0.1) is 5.56 Å². The second-order valence-corrected chi connectivity index (χ2v) is 6.26. The summed E-state index contributed by atoms with van der Waals surface area (Å²) in [5, 5.41) is 12.3. The lowest BCUT2D eigenvalue weighted by molar-refractivity contribution is 0.0697. The smallest absolute Gasteiger partial charge is 0.335 e. The number of carbonyl (C=O) groups is 1. The third-order valence-electron chi connectivity index (χ3n) is 4.05. The highest BCUT2D eigenvalue weighted by atomic mass is 32.1. The minimum Gasteiger partial charge on any atom is -0.478 e. The molecule has 2 heterocycles. The van der Waals surface area contributed by atoms with Crippen LogP contribution in [-0.2, 0) is 13.0 Å². The number of aromatic carboxylic acids is 1. The quantitative estimate of drug-likeness (QED) is 0.782. The molecule has 2 aromatic heterocycles. The van der Waals surface area contributed by atoms with Gasteiger partial charge in [-0.05, 0) is 55.5 Å². The van der Waals surface area contributed by atoms with Gasteiger partial charge in [-0.3, -0.25) is 0 Å². The van der Waals surface area contributed by atoms with Gasteiger partial charge in [-0.1, -0.05) is 6.07 Å². The number of hydrogen-bond acceptors (Lipinski definition) is 2. The SMILES string of the molecule is Cc1c(C)n(CCc2cccs2)c2ccc(C(=O)O)cc12. The van der Waals surface area contributed by atoms with E-state index < -0.39 is 5.97 Å². The number of fused-ring (bicyclic) bond motifs is 1. The third kappa shape index (κ3) is 2.47. The Morgan fingerprint density at radius 3 is 2.76 bits per heavy atom. The van der Waals surface area contributed by atoms with E-state index in [-0.39, 0.29) is 0 Å². The Morgan fingerprint density at radius 2 is 2.10 bits per heavy atom. The van der Waals surface area contributed by atoms with E-state index in [1.807, 2.05) is 6.07 Å². The van der Waals surface area contributed by atoms with Gasteiger partial charge in [-0.2, -0.15) is 0 Å². The van der Waals surface area contributed by atoms with Crippen molar-refractivity contribution in [3.05, 3.63) is 57.4 Å². The Kier molecular flexibility index (Phi) is 3.55. The molecule has 3 rings (SSSR count). The van der Waals surface area contributed by atoms with Crippen LogP contribution in [-0.4, -0.2) is 15.6 Å². The molecule has 3 aromatic rings. The van der Waals surface area contributed by atoms with Crippen molar-refractivity contribution < 1.29 is 9.90 Å². The molecule has 108 valence electrons. The highest BCUT2D eigenvalue weighted by Gasteiger charge is 2.13. The minimum absolute atomic E-state index is 0.348. The number of thiophene rings is 1. The van der Waals surface area contributed by atoms with E-state index in [0.717, 1.165) is 23.9 Å². The van der Waals surface area contributed by atoms with E-state index >= 15 is 0 Å². The maximum Gasteiger partial charge on any atom is 0.335 e. The van der Waals surface area contributed by atoms with Crippen LogP contribution in [0.15, 0.2) is 35.7 Å². The second kappa shape index (κ2) is 5.37. The van der Waals surface area contributed by atoms with E-state index in [9.17, 15) is 4.79 Å². The zero-order valence-electron chi connectivity index (χ0n) is 12.1. The number of carboxylic acid groups (broad SMARTS) is 1. The molecule has 0 bridgehead atoms. The van der Waals surface area contributed by atoms with Gasteiger partial charge in [-0.15, -0.1) is 11.3 Å². The predicted octanol–water partition coefficient (Wildman–Crippen LogP) is 4.26. The van der Waals surface area contributed by atoms with Crippen molar-refractivity contribution >= 4 is 28.2 Å². The van der Waals surface area contributed by atoms with Crippen molar-refractivity contribution in [3.8, 4) is 0 Å². The molecule has 0 unspecified atom stereocenters. The molecule has 3 nitrogen and oxygen atoms in total. The van der Waals surface area contributed by atoms with E-state index in [4.69, 9.17) is 5.11 Å². The first kappa shape index (κ1) is 13.9. The number of nitrogens with zero attached hydrogens (tertiary/aromatic N) is 1. The van der Waals surface area contributed by atoms with Gasteiger partial charge < -0.3 is 9.67 Å². The van der Waals surface area contributed by atoms with Crippen LogP contribution in [0.2, 0.25) is 0 Å². The van der Waals surface area contributed by atoms with Crippen LogP contribution in [0.25, 0.3) is 10.9 Å². The Labute approximate surface area is 127 Å². The molecule has 0 radical (unpaired) electrons. The Balaban J connectivity index is 2.02. The van der Waals surface area contributed by atoms with E-state index in [0.29, 0.717) is 5.56 Å². The number of aromatic nitrogens is 1. The van der Waals surface area contributed by atoms with Crippen LogP contribution >= 0.6 is 11.3 Å². The fourth-order valence-corrected chi connectivity index (χ4v) is 3.45. The predicted molar refractivity (Wildman–Crippen MR) is 86.4 cm³/mol. The van der Waals surface area contributed by atoms with Crippen LogP contribution in [0.3, 0.4) is 0 Å².